The van der Waals surface area contributed by atoms with Crippen LogP contribution in [0.5, 0.6) is 5.75 Å². The van der Waals surface area contributed by atoms with Crippen molar-refractivity contribution in [2.24, 2.45) is 0 Å². The fraction of sp³-hybridized carbons (Fsp3) is 0.409. The lowest BCUT2D eigenvalue weighted by Gasteiger charge is -2.27. The van der Waals surface area contributed by atoms with Gasteiger partial charge in [-0.15, -0.1) is 0 Å². The molecule has 2 aromatic rings. The molecular formula is C22H27NO4. The molecule has 5 heteroatoms. The standard InChI is InChI=1S/C22H27NO4/c1-26-16-18-7-5-8-19(15-18)21(24)23-13-6-11-22(25,12-14-23)17-27-20-9-3-2-4-10-20/h2-5,7-10,15,25H,6,11-14,16-17H2,1H3. The lowest BCUT2D eigenvalue weighted by molar-refractivity contribution is -0.0163. The second-order valence-electron chi connectivity index (χ2n) is 7.11. The molecule has 1 N–H and O–H groups in total. The van der Waals surface area contributed by atoms with Gasteiger partial charge in [-0.1, -0.05) is 30.3 Å². The molecule has 1 saturated heterocycles. The number of benzene rings is 2. The van der Waals surface area contributed by atoms with Gasteiger partial charge in [0, 0.05) is 25.8 Å². The molecule has 5 nitrogen and oxygen atoms in total. The molecule has 1 fully saturated rings. The molecule has 1 heterocycles. The molecule has 2 aromatic carbocycles. The van der Waals surface area contributed by atoms with Gasteiger partial charge in [0.25, 0.3) is 5.91 Å². The zero-order chi connectivity index (χ0) is 19.1. The number of hydrogen-bond donors (Lipinski definition) is 1. The lowest BCUT2D eigenvalue weighted by atomic mass is 9.96. The van der Waals surface area contributed by atoms with Crippen LogP contribution in [0.2, 0.25) is 0 Å². The first-order chi connectivity index (χ1) is 13.1. The number of aliphatic hydroxyl groups is 1. The first-order valence-corrected chi connectivity index (χ1v) is 9.37. The first kappa shape index (κ1) is 19.4. The van der Waals surface area contributed by atoms with Crippen molar-refractivity contribution in [2.45, 2.75) is 31.5 Å². The largest absolute Gasteiger partial charge is 0.491 e. The topological polar surface area (TPSA) is 59.0 Å². The van der Waals surface area contributed by atoms with Gasteiger partial charge in [0.1, 0.15) is 18.0 Å². The van der Waals surface area contributed by atoms with E-state index in [-0.39, 0.29) is 12.5 Å². The third-order valence-corrected chi connectivity index (χ3v) is 4.94. The van der Waals surface area contributed by atoms with E-state index in [0.29, 0.717) is 38.1 Å². The minimum atomic E-state index is -0.914. The van der Waals surface area contributed by atoms with Crippen molar-refractivity contribution in [2.75, 3.05) is 26.8 Å². The van der Waals surface area contributed by atoms with Crippen LogP contribution in [-0.4, -0.2) is 48.3 Å². The number of para-hydroxylation sites is 1. The van der Waals surface area contributed by atoms with Crippen molar-refractivity contribution >= 4 is 5.91 Å². The van der Waals surface area contributed by atoms with Gasteiger partial charge in [-0.05, 0) is 49.1 Å². The molecular weight excluding hydrogens is 342 g/mol. The van der Waals surface area contributed by atoms with Crippen molar-refractivity contribution in [3.05, 3.63) is 65.7 Å². The summed E-state index contributed by atoms with van der Waals surface area (Å²) in [5, 5.41) is 10.9. The minimum Gasteiger partial charge on any atom is -0.491 e. The van der Waals surface area contributed by atoms with Crippen molar-refractivity contribution in [3.8, 4) is 5.75 Å². The number of rotatable bonds is 6. The molecule has 27 heavy (non-hydrogen) atoms. The Morgan fingerprint density at radius 3 is 2.70 bits per heavy atom. The predicted molar refractivity (Wildman–Crippen MR) is 104 cm³/mol. The van der Waals surface area contributed by atoms with Crippen molar-refractivity contribution in [1.82, 2.24) is 4.90 Å². The third kappa shape index (κ3) is 5.31. The van der Waals surface area contributed by atoms with Crippen LogP contribution < -0.4 is 4.74 Å². The van der Waals surface area contributed by atoms with Crippen molar-refractivity contribution < 1.29 is 19.4 Å². The number of ether oxygens (including phenoxy) is 2. The number of hydrogen-bond acceptors (Lipinski definition) is 4. The van der Waals surface area contributed by atoms with Crippen molar-refractivity contribution in [3.63, 3.8) is 0 Å². The van der Waals surface area contributed by atoms with Crippen LogP contribution in [0.4, 0.5) is 0 Å². The zero-order valence-electron chi connectivity index (χ0n) is 15.8. The number of carbonyl (C=O) groups is 1. The summed E-state index contributed by atoms with van der Waals surface area (Å²) in [7, 11) is 1.64. The molecule has 1 amide bonds. The van der Waals surface area contributed by atoms with Gasteiger partial charge in [-0.2, -0.15) is 0 Å². The summed E-state index contributed by atoms with van der Waals surface area (Å²) in [6.07, 6.45) is 1.87. The van der Waals surface area contributed by atoms with Crippen LogP contribution in [0.15, 0.2) is 54.6 Å². The van der Waals surface area contributed by atoms with Crippen LogP contribution in [0.3, 0.4) is 0 Å². The van der Waals surface area contributed by atoms with E-state index in [4.69, 9.17) is 9.47 Å². The molecule has 0 aromatic heterocycles. The summed E-state index contributed by atoms with van der Waals surface area (Å²) in [5.41, 5.74) is 0.726. The summed E-state index contributed by atoms with van der Waals surface area (Å²) in [6, 6.07) is 17.0. The average molecular weight is 369 g/mol. The third-order valence-electron chi connectivity index (χ3n) is 4.94. The number of nitrogens with zero attached hydrogens (tertiary/aromatic N) is 1. The van der Waals surface area contributed by atoms with E-state index in [2.05, 4.69) is 0 Å². The molecule has 0 saturated carbocycles. The van der Waals surface area contributed by atoms with Gasteiger partial charge in [0.05, 0.1) is 6.61 Å². The Morgan fingerprint density at radius 2 is 1.93 bits per heavy atom. The van der Waals surface area contributed by atoms with E-state index in [1.807, 2.05) is 59.5 Å². The molecule has 1 aliphatic rings. The van der Waals surface area contributed by atoms with E-state index >= 15 is 0 Å². The van der Waals surface area contributed by atoms with Gasteiger partial charge in [-0.25, -0.2) is 0 Å². The zero-order valence-corrected chi connectivity index (χ0v) is 15.8. The van der Waals surface area contributed by atoms with E-state index in [1.165, 1.54) is 0 Å². The highest BCUT2D eigenvalue weighted by Crippen LogP contribution is 2.25. The average Bonchev–Trinajstić information content (AvgIpc) is 2.89. The Bertz CT molecular complexity index is 749. The second kappa shape index (κ2) is 9.02. The van der Waals surface area contributed by atoms with Crippen molar-refractivity contribution in [1.29, 1.82) is 0 Å². The predicted octanol–water partition coefficient (Wildman–Crippen LogP) is 3.27. The van der Waals surface area contributed by atoms with Gasteiger partial charge >= 0.3 is 0 Å². The van der Waals surface area contributed by atoms with E-state index < -0.39 is 5.60 Å². The maximum atomic E-state index is 12.9. The Morgan fingerprint density at radius 1 is 1.11 bits per heavy atom. The van der Waals surface area contributed by atoms with Crippen LogP contribution in [0, 0.1) is 0 Å². The molecule has 0 bridgehead atoms. The summed E-state index contributed by atoms with van der Waals surface area (Å²) in [4.78, 5) is 14.7. The van der Waals surface area contributed by atoms with E-state index in [9.17, 15) is 9.90 Å². The van der Waals surface area contributed by atoms with E-state index in [1.54, 1.807) is 7.11 Å². The Balaban J connectivity index is 1.60. The normalized spacial score (nSPS) is 20.1. The maximum absolute atomic E-state index is 12.9. The molecule has 1 unspecified atom stereocenters. The van der Waals surface area contributed by atoms with Crippen LogP contribution in [0.1, 0.15) is 35.2 Å². The van der Waals surface area contributed by atoms with Gasteiger partial charge in [-0.3, -0.25) is 4.79 Å². The highest BCUT2D eigenvalue weighted by Gasteiger charge is 2.32. The Kier molecular flexibility index (Phi) is 6.48. The molecule has 3 rings (SSSR count). The van der Waals surface area contributed by atoms with Gasteiger partial charge in [0.2, 0.25) is 0 Å². The number of carbonyl (C=O) groups excluding carboxylic acids is 1. The number of amides is 1. The van der Waals surface area contributed by atoms with Crippen LogP contribution in [0.25, 0.3) is 0 Å². The van der Waals surface area contributed by atoms with E-state index in [0.717, 1.165) is 17.7 Å². The second-order valence-corrected chi connectivity index (χ2v) is 7.11. The smallest absolute Gasteiger partial charge is 0.253 e. The maximum Gasteiger partial charge on any atom is 0.253 e. The highest BCUT2D eigenvalue weighted by atomic mass is 16.5. The quantitative estimate of drug-likeness (QED) is 0.849. The minimum absolute atomic E-state index is 0.00109. The van der Waals surface area contributed by atoms with Crippen LogP contribution in [-0.2, 0) is 11.3 Å². The van der Waals surface area contributed by atoms with Gasteiger partial charge in [0.15, 0.2) is 0 Å². The number of methoxy groups -OCH3 is 1. The first-order valence-electron chi connectivity index (χ1n) is 9.37. The Labute approximate surface area is 160 Å². The molecule has 1 aliphatic heterocycles. The molecule has 144 valence electrons. The summed E-state index contributed by atoms with van der Waals surface area (Å²) in [6.45, 7) is 1.88. The highest BCUT2D eigenvalue weighted by molar-refractivity contribution is 5.94. The molecule has 0 aliphatic carbocycles. The number of likely N-dealkylation sites (tertiary alicyclic amines) is 1. The summed E-state index contributed by atoms with van der Waals surface area (Å²) >= 11 is 0. The fourth-order valence-electron chi connectivity index (χ4n) is 3.40. The summed E-state index contributed by atoms with van der Waals surface area (Å²) < 4.78 is 10.9. The summed E-state index contributed by atoms with van der Waals surface area (Å²) in [5.74, 6) is 0.749. The fourth-order valence-corrected chi connectivity index (χ4v) is 3.40. The molecule has 0 radical (unpaired) electrons. The monoisotopic (exact) mass is 369 g/mol. The van der Waals surface area contributed by atoms with Crippen LogP contribution >= 0.6 is 0 Å². The lowest BCUT2D eigenvalue weighted by Crippen LogP contribution is -2.38. The SMILES string of the molecule is COCc1cccc(C(=O)N2CCCC(O)(COc3ccccc3)CC2)c1. The molecule has 0 spiro atoms. The molecule has 1 atom stereocenters. The van der Waals surface area contributed by atoms with Gasteiger partial charge < -0.3 is 19.5 Å². The Hall–Kier alpha value is -2.37.